The molecule has 0 fully saturated rings. The van der Waals surface area contributed by atoms with Crippen LogP contribution in [0, 0.1) is 0 Å². The molecule has 0 saturated carbocycles. The maximum atomic E-state index is 12.6. The molecule has 0 bridgehead atoms. The van der Waals surface area contributed by atoms with Crippen LogP contribution in [0.2, 0.25) is 0 Å². The average Bonchev–Trinajstić information content (AvgIpc) is 3.27. The number of fused-ring (bicyclic) bond motifs is 1. The number of para-hydroxylation sites is 1. The van der Waals surface area contributed by atoms with Crippen LogP contribution in [0.4, 0.5) is 5.95 Å². The van der Waals surface area contributed by atoms with E-state index in [9.17, 15) is 14.4 Å². The van der Waals surface area contributed by atoms with Gasteiger partial charge in [-0.1, -0.05) is 12.1 Å². The van der Waals surface area contributed by atoms with Gasteiger partial charge in [0.2, 0.25) is 5.95 Å². The Hall–Kier alpha value is -4.14. The number of hydrazine groups is 1. The summed E-state index contributed by atoms with van der Waals surface area (Å²) in [6.07, 6.45) is 1.49. The zero-order chi connectivity index (χ0) is 20.4. The molecule has 1 amide bonds. The van der Waals surface area contributed by atoms with E-state index in [2.05, 4.69) is 20.8 Å². The lowest BCUT2D eigenvalue weighted by atomic mass is 10.2. The standard InChI is InChI=1S/C20H17N5O4/c1-2-25-19(28)12-6-3-4-7-14(12)22-20(25)24-23-18(27)13-9-10-15(21-17(13)26)16-8-5-11-29-16/h3-11H,2H2,1H3,(H,21,26)(H,22,24)(H,23,27). The monoisotopic (exact) mass is 391 g/mol. The quantitative estimate of drug-likeness (QED) is 0.448. The minimum absolute atomic E-state index is 0.0982. The maximum absolute atomic E-state index is 12.6. The summed E-state index contributed by atoms with van der Waals surface area (Å²) < 4.78 is 6.62. The molecular weight excluding hydrogens is 374 g/mol. The number of anilines is 1. The lowest BCUT2D eigenvalue weighted by Crippen LogP contribution is -2.36. The molecule has 0 atom stereocenters. The first-order valence-electron chi connectivity index (χ1n) is 8.91. The van der Waals surface area contributed by atoms with Crippen LogP contribution >= 0.6 is 0 Å². The van der Waals surface area contributed by atoms with Crippen molar-refractivity contribution >= 4 is 22.8 Å². The Kier molecular flexibility index (Phi) is 4.70. The second-order valence-electron chi connectivity index (χ2n) is 6.17. The zero-order valence-electron chi connectivity index (χ0n) is 15.4. The van der Waals surface area contributed by atoms with Gasteiger partial charge in [-0.05, 0) is 43.3 Å². The number of carbonyl (C=O) groups excluding carboxylic acids is 1. The number of furan rings is 1. The second-order valence-corrected chi connectivity index (χ2v) is 6.17. The van der Waals surface area contributed by atoms with E-state index >= 15 is 0 Å². The molecule has 0 aliphatic rings. The van der Waals surface area contributed by atoms with E-state index in [4.69, 9.17) is 4.42 Å². The van der Waals surface area contributed by atoms with E-state index in [0.29, 0.717) is 28.9 Å². The van der Waals surface area contributed by atoms with E-state index < -0.39 is 11.5 Å². The Morgan fingerprint density at radius 3 is 2.69 bits per heavy atom. The molecule has 4 aromatic rings. The van der Waals surface area contributed by atoms with Crippen LogP contribution in [-0.4, -0.2) is 20.4 Å². The van der Waals surface area contributed by atoms with Crippen LogP contribution < -0.4 is 22.0 Å². The Morgan fingerprint density at radius 1 is 1.14 bits per heavy atom. The van der Waals surface area contributed by atoms with Crippen molar-refractivity contribution in [2.75, 3.05) is 5.43 Å². The van der Waals surface area contributed by atoms with Crippen LogP contribution in [-0.2, 0) is 6.54 Å². The fourth-order valence-electron chi connectivity index (χ4n) is 2.96. The van der Waals surface area contributed by atoms with Gasteiger partial charge in [0.1, 0.15) is 11.3 Å². The molecular formula is C20H17N5O4. The van der Waals surface area contributed by atoms with Crippen LogP contribution in [0.25, 0.3) is 22.4 Å². The molecule has 146 valence electrons. The SMILES string of the molecule is CCn1c(NNC(=O)c2ccc(-c3ccco3)[nH]c2=O)nc2ccccc2c1=O. The highest BCUT2D eigenvalue weighted by Gasteiger charge is 2.14. The van der Waals surface area contributed by atoms with Crippen molar-refractivity contribution in [1.82, 2.24) is 20.0 Å². The van der Waals surface area contributed by atoms with Gasteiger partial charge in [-0.3, -0.25) is 29.8 Å². The molecule has 0 aliphatic carbocycles. The largest absolute Gasteiger partial charge is 0.463 e. The van der Waals surface area contributed by atoms with E-state index in [0.717, 1.165) is 0 Å². The lowest BCUT2D eigenvalue weighted by molar-refractivity contribution is 0.0960. The molecule has 0 saturated heterocycles. The zero-order valence-corrected chi connectivity index (χ0v) is 15.4. The first-order valence-corrected chi connectivity index (χ1v) is 8.91. The van der Waals surface area contributed by atoms with Crippen molar-refractivity contribution in [3.63, 3.8) is 0 Å². The average molecular weight is 391 g/mol. The molecule has 3 N–H and O–H groups in total. The number of carbonyl (C=O) groups is 1. The second kappa shape index (κ2) is 7.47. The van der Waals surface area contributed by atoms with Crippen molar-refractivity contribution in [2.24, 2.45) is 0 Å². The van der Waals surface area contributed by atoms with Gasteiger partial charge < -0.3 is 9.40 Å². The first-order chi connectivity index (χ1) is 14.1. The number of rotatable bonds is 5. The van der Waals surface area contributed by atoms with Gasteiger partial charge in [0.15, 0.2) is 0 Å². The number of pyridine rings is 1. The van der Waals surface area contributed by atoms with Crippen LogP contribution in [0.3, 0.4) is 0 Å². The Morgan fingerprint density at radius 2 is 1.97 bits per heavy atom. The fourth-order valence-corrected chi connectivity index (χ4v) is 2.96. The smallest absolute Gasteiger partial charge is 0.275 e. The molecule has 0 aliphatic heterocycles. The van der Waals surface area contributed by atoms with E-state index in [1.807, 2.05) is 0 Å². The number of aromatic amines is 1. The van der Waals surface area contributed by atoms with E-state index in [-0.39, 0.29) is 17.1 Å². The molecule has 0 radical (unpaired) electrons. The van der Waals surface area contributed by atoms with Gasteiger partial charge in [-0.2, -0.15) is 0 Å². The van der Waals surface area contributed by atoms with Crippen molar-refractivity contribution < 1.29 is 9.21 Å². The summed E-state index contributed by atoms with van der Waals surface area (Å²) in [5, 5.41) is 0.483. The van der Waals surface area contributed by atoms with Crippen molar-refractivity contribution in [1.29, 1.82) is 0 Å². The van der Waals surface area contributed by atoms with E-state index in [1.54, 1.807) is 49.4 Å². The Labute approximate surface area is 164 Å². The summed E-state index contributed by atoms with van der Waals surface area (Å²) in [4.78, 5) is 44.3. The van der Waals surface area contributed by atoms with Gasteiger partial charge in [-0.15, -0.1) is 0 Å². The molecule has 9 nitrogen and oxygen atoms in total. The number of benzene rings is 1. The summed E-state index contributed by atoms with van der Waals surface area (Å²) in [5.74, 6) is -0.00463. The summed E-state index contributed by atoms with van der Waals surface area (Å²) in [7, 11) is 0. The number of H-pyrrole nitrogens is 1. The summed E-state index contributed by atoms with van der Waals surface area (Å²) in [6, 6.07) is 13.3. The third kappa shape index (κ3) is 3.41. The first kappa shape index (κ1) is 18.2. The molecule has 1 aromatic carbocycles. The predicted molar refractivity (Wildman–Crippen MR) is 108 cm³/mol. The maximum Gasteiger partial charge on any atom is 0.275 e. The minimum Gasteiger partial charge on any atom is -0.463 e. The Bertz CT molecular complexity index is 1300. The van der Waals surface area contributed by atoms with Gasteiger partial charge in [0, 0.05) is 6.54 Å². The topological polar surface area (TPSA) is 122 Å². The third-order valence-corrected chi connectivity index (χ3v) is 4.41. The van der Waals surface area contributed by atoms with Crippen LogP contribution in [0.1, 0.15) is 17.3 Å². The molecule has 9 heteroatoms. The molecule has 29 heavy (non-hydrogen) atoms. The summed E-state index contributed by atoms with van der Waals surface area (Å²) in [6.45, 7) is 2.15. The third-order valence-electron chi connectivity index (χ3n) is 4.41. The van der Waals surface area contributed by atoms with Crippen molar-refractivity contribution in [3.05, 3.63) is 81.1 Å². The molecule has 4 rings (SSSR count). The number of nitrogens with zero attached hydrogens (tertiary/aromatic N) is 2. The number of hydrogen-bond donors (Lipinski definition) is 3. The molecule has 3 heterocycles. The number of hydrogen-bond acceptors (Lipinski definition) is 6. The minimum atomic E-state index is -0.665. The molecule has 0 spiro atoms. The van der Waals surface area contributed by atoms with Crippen molar-refractivity contribution in [2.45, 2.75) is 13.5 Å². The highest BCUT2D eigenvalue weighted by molar-refractivity contribution is 5.94. The van der Waals surface area contributed by atoms with Gasteiger partial charge in [0.25, 0.3) is 17.0 Å². The molecule has 3 aromatic heterocycles. The van der Waals surface area contributed by atoms with Gasteiger partial charge in [0.05, 0.1) is 22.9 Å². The lowest BCUT2D eigenvalue weighted by Gasteiger charge is -2.14. The van der Waals surface area contributed by atoms with Gasteiger partial charge in [-0.25, -0.2) is 4.98 Å². The predicted octanol–water partition coefficient (Wildman–Crippen LogP) is 2.12. The number of aromatic nitrogens is 3. The van der Waals surface area contributed by atoms with Crippen LogP contribution in [0.15, 0.2) is 68.8 Å². The number of amides is 1. The van der Waals surface area contributed by atoms with Crippen LogP contribution in [0.5, 0.6) is 0 Å². The molecule has 0 unspecified atom stereocenters. The summed E-state index contributed by atoms with van der Waals surface area (Å²) >= 11 is 0. The summed E-state index contributed by atoms with van der Waals surface area (Å²) in [5.41, 5.74) is 5.13. The number of nitrogens with one attached hydrogen (secondary N) is 3. The normalized spacial score (nSPS) is 10.8. The van der Waals surface area contributed by atoms with Gasteiger partial charge >= 0.3 is 0 Å². The highest BCUT2D eigenvalue weighted by Crippen LogP contribution is 2.15. The highest BCUT2D eigenvalue weighted by atomic mass is 16.3. The van der Waals surface area contributed by atoms with E-state index in [1.165, 1.54) is 16.9 Å². The van der Waals surface area contributed by atoms with Crippen molar-refractivity contribution in [3.8, 4) is 11.5 Å². The fraction of sp³-hybridized carbons (Fsp3) is 0.100. The Balaban J connectivity index is 1.59.